The first-order valence-electron chi connectivity index (χ1n) is 6.79. The van der Waals surface area contributed by atoms with E-state index in [1.54, 1.807) is 18.2 Å². The van der Waals surface area contributed by atoms with Gasteiger partial charge in [-0.15, -0.1) is 0 Å². The Kier molecular flexibility index (Phi) is 2.47. The minimum absolute atomic E-state index is 0.326. The lowest BCUT2D eigenvalue weighted by Gasteiger charge is -2.36. The zero-order valence-electron chi connectivity index (χ0n) is 10.9. The van der Waals surface area contributed by atoms with Gasteiger partial charge in [0.25, 0.3) is 11.9 Å². The van der Waals surface area contributed by atoms with E-state index >= 15 is 0 Å². The number of nitrogens with two attached hydrogens (primary N) is 1. The average Bonchev–Trinajstić information content (AvgIpc) is 3.10. The zero-order chi connectivity index (χ0) is 13.7. The summed E-state index contributed by atoms with van der Waals surface area (Å²) in [5.41, 5.74) is 6.92. The second-order valence-corrected chi connectivity index (χ2v) is 5.34. The highest BCUT2D eigenvalue weighted by Gasteiger charge is 2.40. The van der Waals surface area contributed by atoms with Crippen molar-refractivity contribution in [3.63, 3.8) is 0 Å². The monoisotopic (exact) mass is 273 g/mol. The van der Waals surface area contributed by atoms with Crippen molar-refractivity contribution in [2.24, 2.45) is 5.73 Å². The van der Waals surface area contributed by atoms with Crippen molar-refractivity contribution >= 4 is 23.0 Å². The van der Waals surface area contributed by atoms with Gasteiger partial charge in [-0.25, -0.2) is 0 Å². The van der Waals surface area contributed by atoms with Gasteiger partial charge in [-0.2, -0.15) is 4.98 Å². The molecule has 2 N–H and O–H groups in total. The van der Waals surface area contributed by atoms with Crippen LogP contribution < -0.4 is 10.6 Å². The quantitative estimate of drug-likeness (QED) is 0.907. The number of anilines is 1. The van der Waals surface area contributed by atoms with Crippen LogP contribution in [0.25, 0.3) is 11.1 Å². The first-order valence-corrected chi connectivity index (χ1v) is 6.79. The average molecular weight is 273 g/mol. The number of nitrogens with zero attached hydrogens (tertiary/aromatic N) is 2. The molecule has 1 saturated heterocycles. The second-order valence-electron chi connectivity index (χ2n) is 5.34. The number of primary amides is 1. The highest BCUT2D eigenvalue weighted by Crippen LogP contribution is 2.36. The van der Waals surface area contributed by atoms with Crippen LogP contribution in [0.3, 0.4) is 0 Å². The third-order valence-electron chi connectivity index (χ3n) is 3.85. The minimum atomic E-state index is -0.486. The van der Waals surface area contributed by atoms with Crippen LogP contribution in [0.1, 0.15) is 23.2 Å². The van der Waals surface area contributed by atoms with Crippen LogP contribution in [-0.4, -0.2) is 36.2 Å². The van der Waals surface area contributed by atoms with E-state index in [0.29, 0.717) is 48.0 Å². The highest BCUT2D eigenvalue weighted by molar-refractivity contribution is 6.03. The molecule has 1 aliphatic heterocycles. The lowest BCUT2D eigenvalue weighted by Crippen LogP contribution is -2.50. The van der Waals surface area contributed by atoms with Gasteiger partial charge < -0.3 is 19.8 Å². The summed E-state index contributed by atoms with van der Waals surface area (Å²) in [6.07, 6.45) is 2.30. The van der Waals surface area contributed by atoms with Crippen molar-refractivity contribution in [2.75, 3.05) is 18.1 Å². The van der Waals surface area contributed by atoms with Gasteiger partial charge in [-0.3, -0.25) is 4.79 Å². The van der Waals surface area contributed by atoms with Crippen LogP contribution in [0.2, 0.25) is 0 Å². The summed E-state index contributed by atoms with van der Waals surface area (Å²) in [7, 11) is 0. The van der Waals surface area contributed by atoms with Crippen LogP contribution in [0.5, 0.6) is 0 Å². The van der Waals surface area contributed by atoms with Gasteiger partial charge in [0, 0.05) is 6.04 Å². The van der Waals surface area contributed by atoms with Crippen LogP contribution >= 0.6 is 0 Å². The molecule has 2 aromatic rings. The maximum atomic E-state index is 11.4. The normalized spacial score (nSPS) is 19.0. The molecule has 4 rings (SSSR count). The minimum Gasteiger partial charge on any atom is -0.423 e. The fourth-order valence-electron chi connectivity index (χ4n) is 2.59. The number of ether oxygens (including phenoxy) is 1. The Morgan fingerprint density at radius 1 is 1.30 bits per heavy atom. The number of carbonyl (C=O) groups is 1. The van der Waals surface area contributed by atoms with Gasteiger partial charge in [-0.05, 0) is 25.0 Å². The molecule has 0 atom stereocenters. The van der Waals surface area contributed by atoms with Gasteiger partial charge >= 0.3 is 0 Å². The molecule has 0 unspecified atom stereocenters. The predicted octanol–water partition coefficient (Wildman–Crippen LogP) is 1.29. The molecule has 20 heavy (non-hydrogen) atoms. The number of aromatic nitrogens is 1. The second kappa shape index (κ2) is 4.21. The molecule has 2 heterocycles. The summed E-state index contributed by atoms with van der Waals surface area (Å²) in [5.74, 6) is -0.486. The Morgan fingerprint density at radius 2 is 2.10 bits per heavy atom. The summed E-state index contributed by atoms with van der Waals surface area (Å²) >= 11 is 0. The van der Waals surface area contributed by atoms with E-state index < -0.39 is 5.91 Å². The van der Waals surface area contributed by atoms with E-state index in [4.69, 9.17) is 14.9 Å². The Hall–Kier alpha value is -2.08. The van der Waals surface area contributed by atoms with Crippen LogP contribution in [0.4, 0.5) is 6.01 Å². The van der Waals surface area contributed by atoms with E-state index in [1.807, 2.05) is 0 Å². The fourth-order valence-corrected chi connectivity index (χ4v) is 2.59. The molecule has 2 aliphatic rings. The molecule has 0 spiro atoms. The molecule has 104 valence electrons. The van der Waals surface area contributed by atoms with Crippen molar-refractivity contribution in [3.05, 3.63) is 23.8 Å². The fraction of sp³-hybridized carbons (Fsp3) is 0.429. The third kappa shape index (κ3) is 1.76. The molecule has 1 saturated carbocycles. The summed E-state index contributed by atoms with van der Waals surface area (Å²) in [6, 6.07) is 6.61. The lowest BCUT2D eigenvalue weighted by atomic mass is 10.2. The first kappa shape index (κ1) is 11.7. The largest absolute Gasteiger partial charge is 0.423 e. The van der Waals surface area contributed by atoms with Crippen LogP contribution in [0.15, 0.2) is 22.6 Å². The number of carbonyl (C=O) groups excluding carboxylic acids is 1. The number of fused-ring (bicyclic) bond motifs is 1. The first-order chi connectivity index (χ1) is 9.74. The molecule has 1 aliphatic carbocycles. The maximum absolute atomic E-state index is 11.4. The Morgan fingerprint density at radius 3 is 2.70 bits per heavy atom. The summed E-state index contributed by atoms with van der Waals surface area (Å²) in [6.45, 7) is 1.41. The van der Waals surface area contributed by atoms with Crippen molar-refractivity contribution in [1.29, 1.82) is 0 Å². The van der Waals surface area contributed by atoms with Crippen molar-refractivity contribution < 1.29 is 13.9 Å². The summed E-state index contributed by atoms with van der Waals surface area (Å²) < 4.78 is 11.1. The van der Waals surface area contributed by atoms with E-state index in [9.17, 15) is 4.79 Å². The van der Waals surface area contributed by atoms with E-state index in [-0.39, 0.29) is 0 Å². The van der Waals surface area contributed by atoms with Gasteiger partial charge in [0.1, 0.15) is 5.52 Å². The molecule has 6 nitrogen and oxygen atoms in total. The van der Waals surface area contributed by atoms with Crippen molar-refractivity contribution in [3.8, 4) is 0 Å². The molecule has 1 aromatic carbocycles. The number of rotatable bonds is 4. The van der Waals surface area contributed by atoms with Gasteiger partial charge in [-0.1, -0.05) is 6.07 Å². The SMILES string of the molecule is NC(=O)c1cccc2oc(N(C3CC3)C3COC3)nc12. The molecule has 0 bridgehead atoms. The number of hydrogen-bond acceptors (Lipinski definition) is 5. The molecule has 6 heteroatoms. The number of benzene rings is 1. The third-order valence-corrected chi connectivity index (χ3v) is 3.85. The topological polar surface area (TPSA) is 81.6 Å². The maximum Gasteiger partial charge on any atom is 0.299 e. The van der Waals surface area contributed by atoms with Gasteiger partial charge in [0.15, 0.2) is 5.58 Å². The molecule has 0 radical (unpaired) electrons. The number of hydrogen-bond donors (Lipinski definition) is 1. The predicted molar refractivity (Wildman–Crippen MR) is 72.6 cm³/mol. The summed E-state index contributed by atoms with van der Waals surface area (Å²) in [5, 5.41) is 0. The number of para-hydroxylation sites is 1. The molecule has 2 fully saturated rings. The lowest BCUT2D eigenvalue weighted by molar-refractivity contribution is 0.00576. The highest BCUT2D eigenvalue weighted by atomic mass is 16.5. The summed E-state index contributed by atoms with van der Waals surface area (Å²) in [4.78, 5) is 18.1. The van der Waals surface area contributed by atoms with Gasteiger partial charge in [0.05, 0.1) is 24.8 Å². The van der Waals surface area contributed by atoms with E-state index in [0.717, 1.165) is 12.8 Å². The smallest absolute Gasteiger partial charge is 0.299 e. The van der Waals surface area contributed by atoms with E-state index in [2.05, 4.69) is 9.88 Å². The Labute approximate surface area is 115 Å². The Balaban J connectivity index is 1.79. The van der Waals surface area contributed by atoms with Gasteiger partial charge in [0.2, 0.25) is 0 Å². The standard InChI is InChI=1S/C14H15N3O3/c15-13(18)10-2-1-3-11-12(10)16-14(20-11)17(8-4-5-8)9-6-19-7-9/h1-3,8-9H,4-7H2,(H2,15,18). The molecular weight excluding hydrogens is 258 g/mol. The molecular formula is C14H15N3O3. The van der Waals surface area contributed by atoms with Crippen LogP contribution in [0, 0.1) is 0 Å². The van der Waals surface area contributed by atoms with Crippen molar-refractivity contribution in [1.82, 2.24) is 4.98 Å². The Bertz CT molecular complexity index is 673. The zero-order valence-corrected chi connectivity index (χ0v) is 10.9. The number of amides is 1. The number of oxazole rings is 1. The van der Waals surface area contributed by atoms with Crippen molar-refractivity contribution in [2.45, 2.75) is 24.9 Å². The van der Waals surface area contributed by atoms with Crippen LogP contribution in [-0.2, 0) is 4.74 Å². The molecule has 1 aromatic heterocycles. The van der Waals surface area contributed by atoms with E-state index in [1.165, 1.54) is 0 Å². The molecule has 1 amide bonds.